The molecule has 2 heterocycles. The Bertz CT molecular complexity index is 497. The van der Waals surface area contributed by atoms with Crippen LogP contribution in [0.5, 0.6) is 0 Å². The summed E-state index contributed by atoms with van der Waals surface area (Å²) >= 11 is 7.51. The zero-order chi connectivity index (χ0) is 13.0. The summed E-state index contributed by atoms with van der Waals surface area (Å²) in [6.45, 7) is 2.33. The second kappa shape index (κ2) is 6.33. The minimum Gasteiger partial charge on any atom is -0.360 e. The summed E-state index contributed by atoms with van der Waals surface area (Å²) in [5, 5.41) is 7.03. The van der Waals surface area contributed by atoms with Crippen LogP contribution >= 0.6 is 22.9 Å². The van der Waals surface area contributed by atoms with E-state index >= 15 is 0 Å². The number of halogens is 1. The van der Waals surface area contributed by atoms with E-state index in [1.54, 1.807) is 11.3 Å². The standard InChI is InChI=1S/C12H16ClN3OS/c1-14-6-9-5-10(17-15-9)7-16(2)8-11-3-4-12(13)18-11/h3-5,14H,6-8H2,1-2H3. The fraction of sp³-hybridized carbons (Fsp3) is 0.417. The van der Waals surface area contributed by atoms with E-state index in [1.807, 2.05) is 26.2 Å². The van der Waals surface area contributed by atoms with Gasteiger partial charge in [0.25, 0.3) is 0 Å². The average Bonchev–Trinajstić information content (AvgIpc) is 2.89. The fourth-order valence-electron chi connectivity index (χ4n) is 1.72. The molecule has 0 amide bonds. The van der Waals surface area contributed by atoms with Gasteiger partial charge in [-0.2, -0.15) is 0 Å². The molecule has 0 unspecified atom stereocenters. The lowest BCUT2D eigenvalue weighted by atomic mass is 10.3. The van der Waals surface area contributed by atoms with Gasteiger partial charge in [0.15, 0.2) is 5.76 Å². The van der Waals surface area contributed by atoms with Crippen molar-refractivity contribution in [3.05, 3.63) is 38.9 Å². The lowest BCUT2D eigenvalue weighted by molar-refractivity contribution is 0.267. The van der Waals surface area contributed by atoms with Crippen molar-refractivity contribution < 1.29 is 4.52 Å². The van der Waals surface area contributed by atoms with Gasteiger partial charge in [0.05, 0.1) is 16.6 Å². The van der Waals surface area contributed by atoms with Crippen molar-refractivity contribution in [3.63, 3.8) is 0 Å². The Hall–Kier alpha value is -0.880. The Morgan fingerprint density at radius 1 is 1.44 bits per heavy atom. The number of rotatable bonds is 6. The Labute approximate surface area is 116 Å². The summed E-state index contributed by atoms with van der Waals surface area (Å²) in [6.07, 6.45) is 0. The Morgan fingerprint density at radius 2 is 2.28 bits per heavy atom. The van der Waals surface area contributed by atoms with Crippen LogP contribution in [0.1, 0.15) is 16.3 Å². The molecule has 0 aliphatic carbocycles. The molecule has 4 nitrogen and oxygen atoms in total. The van der Waals surface area contributed by atoms with E-state index in [9.17, 15) is 0 Å². The third-order valence-corrected chi connectivity index (χ3v) is 3.66. The van der Waals surface area contributed by atoms with Crippen molar-refractivity contribution in [2.45, 2.75) is 19.6 Å². The molecule has 0 saturated heterocycles. The van der Waals surface area contributed by atoms with Crippen LogP contribution < -0.4 is 5.32 Å². The normalized spacial score (nSPS) is 11.3. The molecule has 1 N–H and O–H groups in total. The maximum absolute atomic E-state index is 5.91. The van der Waals surface area contributed by atoms with E-state index in [4.69, 9.17) is 16.1 Å². The predicted octanol–water partition coefficient (Wildman–Crippen LogP) is 2.74. The summed E-state index contributed by atoms with van der Waals surface area (Å²) in [5.74, 6) is 0.880. The molecular formula is C12H16ClN3OS. The highest BCUT2D eigenvalue weighted by Gasteiger charge is 2.08. The summed E-state index contributed by atoms with van der Waals surface area (Å²) < 4.78 is 6.10. The zero-order valence-electron chi connectivity index (χ0n) is 10.4. The summed E-state index contributed by atoms with van der Waals surface area (Å²) in [6, 6.07) is 5.96. The van der Waals surface area contributed by atoms with Crippen molar-refractivity contribution in [2.24, 2.45) is 0 Å². The first-order valence-corrected chi connectivity index (χ1v) is 6.88. The molecule has 0 fully saturated rings. The molecule has 2 aromatic rings. The van der Waals surface area contributed by atoms with Crippen LogP contribution in [0, 0.1) is 0 Å². The summed E-state index contributed by atoms with van der Waals surface area (Å²) in [4.78, 5) is 3.42. The zero-order valence-corrected chi connectivity index (χ0v) is 12.0. The van der Waals surface area contributed by atoms with Gasteiger partial charge in [-0.05, 0) is 26.2 Å². The Kier molecular flexibility index (Phi) is 4.77. The third kappa shape index (κ3) is 3.81. The highest BCUT2D eigenvalue weighted by molar-refractivity contribution is 7.16. The van der Waals surface area contributed by atoms with Gasteiger partial charge in [0.2, 0.25) is 0 Å². The van der Waals surface area contributed by atoms with Crippen molar-refractivity contribution in [2.75, 3.05) is 14.1 Å². The fourth-order valence-corrected chi connectivity index (χ4v) is 2.89. The molecule has 18 heavy (non-hydrogen) atoms. The van der Waals surface area contributed by atoms with Gasteiger partial charge in [-0.3, -0.25) is 4.90 Å². The van der Waals surface area contributed by atoms with Crippen LogP contribution in [0.3, 0.4) is 0 Å². The van der Waals surface area contributed by atoms with Crippen LogP contribution in [0.4, 0.5) is 0 Å². The van der Waals surface area contributed by atoms with Crippen LogP contribution in [-0.2, 0) is 19.6 Å². The summed E-state index contributed by atoms with van der Waals surface area (Å²) in [7, 11) is 3.94. The molecule has 2 rings (SSSR count). The van der Waals surface area contributed by atoms with Gasteiger partial charge in [0.1, 0.15) is 0 Å². The molecule has 0 atom stereocenters. The van der Waals surface area contributed by atoms with E-state index in [-0.39, 0.29) is 0 Å². The SMILES string of the molecule is CNCc1cc(CN(C)Cc2ccc(Cl)s2)on1. The number of hydrogen-bond donors (Lipinski definition) is 1. The van der Waals surface area contributed by atoms with Gasteiger partial charge < -0.3 is 9.84 Å². The lowest BCUT2D eigenvalue weighted by Crippen LogP contribution is -2.16. The third-order valence-electron chi connectivity index (χ3n) is 2.45. The van der Waals surface area contributed by atoms with E-state index in [1.165, 1.54) is 4.88 Å². The topological polar surface area (TPSA) is 41.3 Å². The molecule has 0 aliphatic rings. The van der Waals surface area contributed by atoms with Crippen molar-refractivity contribution in [1.29, 1.82) is 0 Å². The minimum absolute atomic E-state index is 0.730. The van der Waals surface area contributed by atoms with Crippen LogP contribution in [0.25, 0.3) is 0 Å². The van der Waals surface area contributed by atoms with Gasteiger partial charge in [-0.25, -0.2) is 0 Å². The van der Waals surface area contributed by atoms with Crippen LogP contribution in [0.15, 0.2) is 22.7 Å². The maximum Gasteiger partial charge on any atom is 0.151 e. The quantitative estimate of drug-likeness (QED) is 0.886. The molecule has 0 saturated carbocycles. The van der Waals surface area contributed by atoms with Gasteiger partial charge >= 0.3 is 0 Å². The van der Waals surface area contributed by atoms with E-state index in [0.717, 1.165) is 35.4 Å². The van der Waals surface area contributed by atoms with Crippen molar-refractivity contribution >= 4 is 22.9 Å². The molecule has 0 spiro atoms. The molecule has 0 aliphatic heterocycles. The monoisotopic (exact) mass is 285 g/mol. The Morgan fingerprint density at radius 3 is 2.94 bits per heavy atom. The molecule has 0 aromatic carbocycles. The summed E-state index contributed by atoms with van der Waals surface area (Å²) in [5.41, 5.74) is 0.931. The van der Waals surface area contributed by atoms with Gasteiger partial charge in [-0.1, -0.05) is 16.8 Å². The van der Waals surface area contributed by atoms with Crippen molar-refractivity contribution in [3.8, 4) is 0 Å². The predicted molar refractivity (Wildman–Crippen MR) is 73.8 cm³/mol. The average molecular weight is 286 g/mol. The highest BCUT2D eigenvalue weighted by atomic mass is 35.5. The van der Waals surface area contributed by atoms with E-state index in [0.29, 0.717) is 0 Å². The van der Waals surface area contributed by atoms with Gasteiger partial charge in [-0.15, -0.1) is 11.3 Å². The highest BCUT2D eigenvalue weighted by Crippen LogP contribution is 2.22. The minimum atomic E-state index is 0.730. The first-order valence-electron chi connectivity index (χ1n) is 5.69. The second-order valence-corrected chi connectivity index (χ2v) is 5.99. The molecular weight excluding hydrogens is 270 g/mol. The first kappa shape index (κ1) is 13.5. The van der Waals surface area contributed by atoms with Crippen LogP contribution in [0.2, 0.25) is 4.34 Å². The number of nitrogens with one attached hydrogen (secondary N) is 1. The number of hydrogen-bond acceptors (Lipinski definition) is 5. The van der Waals surface area contributed by atoms with E-state index < -0.39 is 0 Å². The smallest absolute Gasteiger partial charge is 0.151 e. The van der Waals surface area contributed by atoms with Crippen LogP contribution in [-0.4, -0.2) is 24.2 Å². The molecule has 98 valence electrons. The first-order chi connectivity index (χ1) is 8.67. The maximum atomic E-state index is 5.91. The lowest BCUT2D eigenvalue weighted by Gasteiger charge is -2.12. The van der Waals surface area contributed by atoms with Gasteiger partial charge in [0, 0.05) is 24.0 Å². The molecule has 0 radical (unpaired) electrons. The number of thiophene rings is 1. The molecule has 0 bridgehead atoms. The molecule has 6 heteroatoms. The molecule has 2 aromatic heterocycles. The second-order valence-electron chi connectivity index (χ2n) is 4.19. The Balaban J connectivity index is 1.88. The number of aromatic nitrogens is 1. The van der Waals surface area contributed by atoms with E-state index in [2.05, 4.69) is 21.4 Å². The largest absolute Gasteiger partial charge is 0.360 e. The van der Waals surface area contributed by atoms with Crippen molar-refractivity contribution in [1.82, 2.24) is 15.4 Å². The number of nitrogens with zero attached hydrogens (tertiary/aromatic N) is 2.